The monoisotopic (exact) mass is 1770 g/mol. The van der Waals surface area contributed by atoms with Gasteiger partial charge in [0.1, 0.15) is 11.6 Å². The topological polar surface area (TPSA) is 381 Å². The number of benzene rings is 3. The van der Waals surface area contributed by atoms with Crippen LogP contribution in [0, 0.1) is 58.2 Å². The fourth-order valence-electron chi connectivity index (χ4n) is 11.7. The van der Waals surface area contributed by atoms with Crippen molar-refractivity contribution in [2.24, 2.45) is 0 Å². The van der Waals surface area contributed by atoms with Crippen LogP contribution in [0.4, 0.5) is 41.6 Å². The molecule has 11 heterocycles. The van der Waals surface area contributed by atoms with E-state index in [1.54, 1.807) is 75.9 Å². The van der Waals surface area contributed by atoms with Crippen molar-refractivity contribution in [3.8, 4) is 39.6 Å². The van der Waals surface area contributed by atoms with Crippen molar-refractivity contribution in [2.45, 2.75) is 59.5 Å². The van der Waals surface area contributed by atoms with Crippen LogP contribution in [0.2, 0.25) is 15.1 Å². The number of aliphatic hydroxyl groups is 1. The first-order valence-electron chi connectivity index (χ1n) is 38.1. The molecular weight excluding hydrogens is 1670 g/mol. The number of pyridine rings is 7. The molecule has 0 radical (unpaired) electrons. The molecule has 4 saturated heterocycles. The first-order valence-corrected chi connectivity index (χ1v) is 39.2. The summed E-state index contributed by atoms with van der Waals surface area (Å²) in [5.74, 6) is -0.998. The van der Waals surface area contributed by atoms with Crippen LogP contribution in [0.3, 0.4) is 0 Å². The zero-order valence-corrected chi connectivity index (χ0v) is 72.3. The summed E-state index contributed by atoms with van der Waals surface area (Å²) in [6.45, 7) is 24.2. The maximum Gasteiger partial charge on any atom is 1.00 e. The molecule has 7 aromatic heterocycles. The Bertz CT molecular complexity index is 4860. The van der Waals surface area contributed by atoms with Gasteiger partial charge in [0, 0.05) is 149 Å². The molecule has 0 amide bonds. The van der Waals surface area contributed by atoms with Gasteiger partial charge in [-0.05, 0) is 116 Å². The molecule has 3 aromatic carbocycles. The van der Waals surface area contributed by atoms with Gasteiger partial charge in [-0.1, -0.05) is 63.0 Å². The molecule has 39 heteroatoms. The Morgan fingerprint density at radius 3 is 1.48 bits per heavy atom. The summed E-state index contributed by atoms with van der Waals surface area (Å²) in [6.07, 6.45) is 16.4. The second kappa shape index (κ2) is 53.9. The SMILES string of the molecule is C.CC(C)(C)[O-].Fc1ccc(Cl)cc1-c1cc(Cl)c2cccnc2c1.Fc1ccc(Cl)cc1-c1cc(Nc2ccncc2OCCCN2CCOCC2)c2cccnc2n1.O=[N+]([O-])c1cc[n+]([O-])cc1F.O=[N+]([O-])c1cc[n+]([O-])cc1OCCCN1CCOCC1.O=[N+]([O-])c1ccncc1OCCCN1CCOCC1.OCCCN1CCOCC1.[HH].[K+]. The molecule has 14 rings (SSSR count). The number of nitro groups is 3. The van der Waals surface area contributed by atoms with Gasteiger partial charge in [0.05, 0.1) is 140 Å². The van der Waals surface area contributed by atoms with Crippen LogP contribution < -0.4 is 85.5 Å². The summed E-state index contributed by atoms with van der Waals surface area (Å²) in [7, 11) is 0. The van der Waals surface area contributed by atoms with Crippen molar-refractivity contribution in [1.29, 1.82) is 0 Å². The summed E-state index contributed by atoms with van der Waals surface area (Å²) in [5.41, 5.74) is 2.84. The third-order valence-corrected chi connectivity index (χ3v) is 18.3. The standard InChI is InChI=1S/C26H25ClFN5O2.C15H8Cl2FN.C12H17N3O5.C12H17N3O4.C7H15NO2.C5H3FN2O3.C4H9O.CH4.K.H2/c27-18-4-5-21(28)20(15-18)24-16-23(19-3-1-7-30-26(19)32-24)31-22-6-8-29-17-25(22)35-12-2-9-33-10-13-34-14-11-33;16-10-3-4-14(18)12(8-10)9-6-13(17)11-2-1-5-19-15(11)7-9;16-14-4-2-11(15(17)18)12(10-14)20-7-1-3-13-5-8-19-9-6-13;16-15(17)11-2-3-13-10-12(11)19-7-1-4-14-5-8-18-9-6-14;9-5-1-2-8-3-6-10-7-4-8;6-4-3-7(9)2-1-5(4)8(10)11;1-4(2,3)5;;;/h1,3-8,15-17H,2,9-14H2,(H,29,30,31,32);1-8H;2,4,10H,1,3,5-9H2;2-3,10H,1,4-9H2;9H,1-7H2;1-3H;1-3H3;1H4;;1H/q;;;;;;-1;;+1;. The van der Waals surface area contributed by atoms with Crippen LogP contribution in [0.25, 0.3) is 44.3 Å². The molecule has 2 N–H and O–H groups in total. The van der Waals surface area contributed by atoms with Crippen LogP contribution in [-0.2, 0) is 18.9 Å². The van der Waals surface area contributed by atoms with E-state index in [9.17, 15) is 59.0 Å². The summed E-state index contributed by atoms with van der Waals surface area (Å²) in [4.78, 5) is 60.2. The largest absolute Gasteiger partial charge is 1.00 e. The van der Waals surface area contributed by atoms with Gasteiger partial charge in [0.15, 0.2) is 23.8 Å². The number of halogens is 6. The third-order valence-electron chi connectivity index (χ3n) is 17.5. The summed E-state index contributed by atoms with van der Waals surface area (Å²) < 4.78 is 79.5. The fourth-order valence-corrected chi connectivity index (χ4v) is 12.3. The molecule has 0 atom stereocenters. The average Bonchev–Trinajstić information content (AvgIpc) is 0.783. The molecule has 121 heavy (non-hydrogen) atoms. The van der Waals surface area contributed by atoms with Crippen LogP contribution in [0.5, 0.6) is 17.2 Å². The van der Waals surface area contributed by atoms with Gasteiger partial charge in [0.2, 0.25) is 18.1 Å². The Morgan fingerprint density at radius 2 is 0.967 bits per heavy atom. The van der Waals surface area contributed by atoms with Gasteiger partial charge in [-0.15, -0.1) is 5.60 Å². The van der Waals surface area contributed by atoms with Crippen LogP contribution in [0.1, 0.15) is 55.3 Å². The van der Waals surface area contributed by atoms with E-state index in [1.807, 2.05) is 30.3 Å². The molecule has 0 spiro atoms. The number of nitrogens with one attached hydrogen (secondary N) is 1. The van der Waals surface area contributed by atoms with E-state index in [2.05, 4.69) is 49.8 Å². The van der Waals surface area contributed by atoms with Gasteiger partial charge >= 0.3 is 68.4 Å². The summed E-state index contributed by atoms with van der Waals surface area (Å²) in [5, 5.41) is 78.2. The molecule has 0 bridgehead atoms. The average molecular weight is 1770 g/mol. The normalized spacial score (nSPS) is 14.1. The second-order valence-corrected chi connectivity index (χ2v) is 28.8. The van der Waals surface area contributed by atoms with Crippen molar-refractivity contribution in [3.63, 3.8) is 0 Å². The van der Waals surface area contributed by atoms with E-state index in [0.717, 1.165) is 215 Å². The van der Waals surface area contributed by atoms with E-state index in [1.165, 1.54) is 42.7 Å². The minimum absolute atomic E-state index is 0. The quantitative estimate of drug-likeness (QED) is 0.0134. The van der Waals surface area contributed by atoms with Gasteiger partial charge in [-0.2, -0.15) is 13.9 Å². The van der Waals surface area contributed by atoms with Gasteiger partial charge in [-0.3, -0.25) is 64.9 Å². The number of nitrogens with zero attached hydrogens (tertiary/aromatic N) is 14. The molecule has 10 aromatic rings. The van der Waals surface area contributed by atoms with Crippen molar-refractivity contribution in [2.75, 3.05) is 163 Å². The molecule has 4 fully saturated rings. The number of fused-ring (bicyclic) bond motifs is 2. The minimum Gasteiger partial charge on any atom is -0.850 e. The van der Waals surface area contributed by atoms with Crippen molar-refractivity contribution in [1.82, 2.24) is 44.5 Å². The maximum absolute atomic E-state index is 14.6. The van der Waals surface area contributed by atoms with Crippen LogP contribution in [0.15, 0.2) is 165 Å². The fraction of sp³-hybridized carbons (Fsp3) is 0.402. The zero-order valence-electron chi connectivity index (χ0n) is 66.9. The molecule has 0 unspecified atom stereocenters. The number of anilines is 2. The predicted molar refractivity (Wildman–Crippen MR) is 449 cm³/mol. The smallest absolute Gasteiger partial charge is 0.850 e. The number of hydrogen-bond acceptors (Lipinski definition) is 27. The van der Waals surface area contributed by atoms with Crippen molar-refractivity contribution in [3.05, 3.63) is 238 Å². The molecule has 0 aliphatic carbocycles. The van der Waals surface area contributed by atoms with E-state index in [0.29, 0.717) is 86.2 Å². The Balaban J connectivity index is 0.000000268. The number of morpholine rings is 4. The Morgan fingerprint density at radius 1 is 0.529 bits per heavy atom. The number of hydrogen-bond donors (Lipinski definition) is 2. The number of rotatable bonds is 25. The van der Waals surface area contributed by atoms with E-state index >= 15 is 0 Å². The Hall–Kier alpha value is -8.87. The van der Waals surface area contributed by atoms with Crippen LogP contribution in [-0.4, -0.2) is 228 Å². The molecule has 648 valence electrons. The third kappa shape index (κ3) is 35.9. The minimum atomic E-state index is -1.13. The Kier molecular flexibility index (Phi) is 45.0. The first kappa shape index (κ1) is 101. The number of aliphatic hydroxyl groups excluding tert-OH is 1. The van der Waals surface area contributed by atoms with Crippen molar-refractivity contribution < 1.29 is 134 Å². The summed E-state index contributed by atoms with van der Waals surface area (Å²) >= 11 is 18.2. The van der Waals surface area contributed by atoms with Gasteiger partial charge < -0.3 is 59.1 Å². The van der Waals surface area contributed by atoms with Gasteiger partial charge in [0.25, 0.3) is 11.6 Å². The molecule has 32 nitrogen and oxygen atoms in total. The molecule has 4 aliphatic rings. The number of aromatic nitrogens is 7. The Labute approximate surface area is 757 Å². The predicted octanol–water partition coefficient (Wildman–Crippen LogP) is 10.2. The van der Waals surface area contributed by atoms with Crippen molar-refractivity contribution >= 4 is 85.2 Å². The van der Waals surface area contributed by atoms with E-state index < -0.39 is 37.7 Å². The molecule has 0 saturated carbocycles. The zero-order chi connectivity index (χ0) is 85.5. The molecule has 4 aliphatic heterocycles. The van der Waals surface area contributed by atoms with Gasteiger partial charge in [-0.25, -0.2) is 18.7 Å². The van der Waals surface area contributed by atoms with E-state index in [4.69, 9.17) is 73.1 Å². The second-order valence-electron chi connectivity index (χ2n) is 27.5. The van der Waals surface area contributed by atoms with E-state index in [-0.39, 0.29) is 93.7 Å². The van der Waals surface area contributed by atoms with Crippen LogP contribution >= 0.6 is 34.8 Å². The summed E-state index contributed by atoms with van der Waals surface area (Å²) in [6, 6.07) is 26.8. The maximum atomic E-state index is 14.6. The number of ether oxygens (including phenoxy) is 7. The first-order chi connectivity index (χ1) is 57.3. The molecular formula is C82H100Cl3F3KN15O17.